The summed E-state index contributed by atoms with van der Waals surface area (Å²) in [4.78, 5) is 24.5. The van der Waals surface area contributed by atoms with E-state index in [0.717, 1.165) is 51.4 Å². The summed E-state index contributed by atoms with van der Waals surface area (Å²) < 4.78 is 5.46. The monoisotopic (exact) mass is 1080 g/mol. The molecule has 6 heteroatoms. The number of hydrogen-bond donors (Lipinski definition) is 3. The van der Waals surface area contributed by atoms with E-state index in [-0.39, 0.29) is 18.5 Å². The summed E-state index contributed by atoms with van der Waals surface area (Å²) in [6.07, 6.45) is 86.2. The molecule has 0 aromatic heterocycles. The lowest BCUT2D eigenvalue weighted by atomic mass is 10.0. The molecule has 2 unspecified atom stereocenters. The van der Waals surface area contributed by atoms with Gasteiger partial charge in [-0.2, -0.15) is 0 Å². The Kier molecular flexibility index (Phi) is 64.5. The molecule has 0 aliphatic heterocycles. The van der Waals surface area contributed by atoms with Gasteiger partial charge in [0.2, 0.25) is 5.91 Å². The highest BCUT2D eigenvalue weighted by molar-refractivity contribution is 5.76. The molecule has 3 N–H and O–H groups in total. The molecule has 0 heterocycles. The van der Waals surface area contributed by atoms with Crippen LogP contribution in [0.15, 0.2) is 48.6 Å². The van der Waals surface area contributed by atoms with Crippen LogP contribution in [0.5, 0.6) is 0 Å². The Labute approximate surface area is 480 Å². The lowest BCUT2D eigenvalue weighted by molar-refractivity contribution is -0.143. The summed E-state index contributed by atoms with van der Waals surface area (Å²) in [5, 5.41) is 23.2. The van der Waals surface area contributed by atoms with Crippen LogP contribution < -0.4 is 5.32 Å². The van der Waals surface area contributed by atoms with Crippen LogP contribution in [0.2, 0.25) is 0 Å². The maximum absolute atomic E-state index is 12.5. The molecule has 0 spiro atoms. The van der Waals surface area contributed by atoms with Crippen molar-refractivity contribution >= 4 is 11.9 Å². The Hall–Kier alpha value is -2.18. The first-order chi connectivity index (χ1) is 38.0. The van der Waals surface area contributed by atoms with E-state index in [1.165, 1.54) is 289 Å². The zero-order valence-electron chi connectivity index (χ0n) is 51.7. The van der Waals surface area contributed by atoms with E-state index < -0.39 is 12.1 Å². The normalized spacial score (nSPS) is 12.8. The lowest BCUT2D eigenvalue weighted by Gasteiger charge is -2.20. The van der Waals surface area contributed by atoms with Gasteiger partial charge >= 0.3 is 5.97 Å². The average molecular weight is 1080 g/mol. The van der Waals surface area contributed by atoms with Crippen LogP contribution in [-0.2, 0) is 14.3 Å². The predicted octanol–water partition coefficient (Wildman–Crippen LogP) is 22.1. The van der Waals surface area contributed by atoms with Crippen LogP contribution in [0.25, 0.3) is 0 Å². The summed E-state index contributed by atoms with van der Waals surface area (Å²) in [5.74, 6) is -0.0615. The Bertz CT molecular complexity index is 1290. The van der Waals surface area contributed by atoms with Gasteiger partial charge in [-0.3, -0.25) is 9.59 Å². The van der Waals surface area contributed by atoms with Crippen LogP contribution in [0.1, 0.15) is 367 Å². The van der Waals surface area contributed by atoms with Crippen molar-refractivity contribution in [2.24, 2.45) is 0 Å². The number of carbonyl (C=O) groups is 2. The van der Waals surface area contributed by atoms with Gasteiger partial charge in [-0.1, -0.05) is 319 Å². The largest absolute Gasteiger partial charge is 0.466 e. The minimum Gasteiger partial charge on any atom is -0.466 e. The molecular formula is C71H133NO5. The fourth-order valence-corrected chi connectivity index (χ4v) is 10.5. The van der Waals surface area contributed by atoms with Gasteiger partial charge in [0.05, 0.1) is 25.4 Å². The summed E-state index contributed by atoms with van der Waals surface area (Å²) >= 11 is 0. The lowest BCUT2D eigenvalue weighted by Crippen LogP contribution is -2.45. The summed E-state index contributed by atoms with van der Waals surface area (Å²) in [6.45, 7) is 4.88. The summed E-state index contributed by atoms with van der Waals surface area (Å²) in [6, 6.07) is -0.627. The van der Waals surface area contributed by atoms with Crippen molar-refractivity contribution in [3.05, 3.63) is 48.6 Å². The second kappa shape index (κ2) is 66.3. The predicted molar refractivity (Wildman–Crippen MR) is 338 cm³/mol. The van der Waals surface area contributed by atoms with E-state index in [0.29, 0.717) is 19.4 Å². The number of aliphatic hydroxyl groups is 2. The number of hydrogen-bond acceptors (Lipinski definition) is 5. The minimum absolute atomic E-state index is 0.00266. The molecule has 0 rings (SSSR count). The Morgan fingerprint density at radius 1 is 0.364 bits per heavy atom. The SMILES string of the molecule is CCCC/C=C\CCCCCCCC(=O)OCCCCCCCCCCC/C=C\C/C=C\CCCCCCCCCCCCCCCCCCCC(=O)NC(CO)C(O)/C=C/CCCCCCCCCCCCCCCC. The number of ether oxygens (including phenoxy) is 1. The maximum atomic E-state index is 12.5. The molecule has 77 heavy (non-hydrogen) atoms. The van der Waals surface area contributed by atoms with Crippen LogP contribution in [0.3, 0.4) is 0 Å². The molecule has 0 saturated carbocycles. The first-order valence-electron chi connectivity index (χ1n) is 34.4. The van der Waals surface area contributed by atoms with E-state index in [1.807, 2.05) is 6.08 Å². The topological polar surface area (TPSA) is 95.9 Å². The highest BCUT2D eigenvalue weighted by atomic mass is 16.5. The molecule has 0 aromatic rings. The van der Waals surface area contributed by atoms with Gasteiger partial charge in [-0.25, -0.2) is 0 Å². The number of unbranched alkanes of at least 4 members (excludes halogenated alkanes) is 47. The second-order valence-electron chi connectivity index (χ2n) is 23.5. The third-order valence-electron chi connectivity index (χ3n) is 15.8. The average Bonchev–Trinajstić information content (AvgIpc) is 3.43. The molecule has 0 radical (unpaired) electrons. The third kappa shape index (κ3) is 62.9. The standard InChI is InChI=1S/C71H133NO5/c1-3-5-7-9-11-13-15-16-17-37-40-44-47-51-55-59-63-69(74)68(67-73)72-70(75)64-60-56-52-48-45-41-38-35-33-31-29-27-25-23-21-19-18-20-22-24-26-28-30-32-34-36-39-42-46-50-54-58-62-66-77-71(76)65-61-57-53-49-43-14-12-10-8-6-4-2/h10,12,22,24,28,30,59,63,68-69,73-74H,3-9,11,13-21,23,25-27,29,31-58,60-62,64-67H2,1-2H3,(H,72,75)/b12-10-,24-22-,30-28-,63-59+. The summed E-state index contributed by atoms with van der Waals surface area (Å²) in [5.41, 5.74) is 0. The van der Waals surface area contributed by atoms with Crippen molar-refractivity contribution in [3.63, 3.8) is 0 Å². The van der Waals surface area contributed by atoms with Crippen molar-refractivity contribution in [3.8, 4) is 0 Å². The Balaban J connectivity index is 3.40. The molecule has 6 nitrogen and oxygen atoms in total. The van der Waals surface area contributed by atoms with Crippen molar-refractivity contribution in [2.45, 2.75) is 379 Å². The van der Waals surface area contributed by atoms with E-state index in [4.69, 9.17) is 4.74 Å². The molecule has 452 valence electrons. The van der Waals surface area contributed by atoms with Crippen LogP contribution in [0.4, 0.5) is 0 Å². The number of rotatable bonds is 64. The number of aliphatic hydroxyl groups excluding tert-OH is 2. The molecule has 0 aliphatic carbocycles. The molecule has 0 bridgehead atoms. The van der Waals surface area contributed by atoms with E-state index in [1.54, 1.807) is 6.08 Å². The van der Waals surface area contributed by atoms with Crippen molar-refractivity contribution in [2.75, 3.05) is 13.2 Å². The molecule has 0 fully saturated rings. The van der Waals surface area contributed by atoms with Gasteiger partial charge in [-0.05, 0) is 83.5 Å². The zero-order chi connectivity index (χ0) is 55.7. The fraction of sp³-hybridized carbons (Fsp3) is 0.859. The van der Waals surface area contributed by atoms with E-state index in [2.05, 4.69) is 55.6 Å². The first kappa shape index (κ1) is 74.8. The fourth-order valence-electron chi connectivity index (χ4n) is 10.5. The van der Waals surface area contributed by atoms with Crippen molar-refractivity contribution in [1.29, 1.82) is 0 Å². The number of amides is 1. The Morgan fingerprint density at radius 3 is 1.04 bits per heavy atom. The van der Waals surface area contributed by atoms with Crippen molar-refractivity contribution < 1.29 is 24.5 Å². The van der Waals surface area contributed by atoms with Gasteiger partial charge in [0.1, 0.15) is 0 Å². The molecule has 0 saturated heterocycles. The third-order valence-corrected chi connectivity index (χ3v) is 15.8. The highest BCUT2D eigenvalue weighted by Crippen LogP contribution is 2.18. The smallest absolute Gasteiger partial charge is 0.305 e. The van der Waals surface area contributed by atoms with E-state index in [9.17, 15) is 19.8 Å². The minimum atomic E-state index is -0.843. The maximum Gasteiger partial charge on any atom is 0.305 e. The van der Waals surface area contributed by atoms with Crippen LogP contribution in [-0.4, -0.2) is 47.4 Å². The number of carbonyl (C=O) groups excluding carboxylic acids is 2. The molecule has 2 atom stereocenters. The molecule has 0 aliphatic rings. The molecule has 0 aromatic carbocycles. The number of nitrogens with one attached hydrogen (secondary N) is 1. The molecule has 1 amide bonds. The van der Waals surface area contributed by atoms with Gasteiger partial charge in [-0.15, -0.1) is 0 Å². The number of allylic oxidation sites excluding steroid dienone is 7. The van der Waals surface area contributed by atoms with Crippen molar-refractivity contribution in [1.82, 2.24) is 5.32 Å². The Morgan fingerprint density at radius 2 is 0.662 bits per heavy atom. The molecular weight excluding hydrogens is 947 g/mol. The van der Waals surface area contributed by atoms with Crippen LogP contribution >= 0.6 is 0 Å². The van der Waals surface area contributed by atoms with Gasteiger partial charge in [0.15, 0.2) is 0 Å². The number of esters is 1. The van der Waals surface area contributed by atoms with Crippen LogP contribution in [0, 0.1) is 0 Å². The van der Waals surface area contributed by atoms with Gasteiger partial charge in [0.25, 0.3) is 0 Å². The van der Waals surface area contributed by atoms with Gasteiger partial charge in [0, 0.05) is 12.8 Å². The quantitative estimate of drug-likeness (QED) is 0.0320. The van der Waals surface area contributed by atoms with E-state index >= 15 is 0 Å². The second-order valence-corrected chi connectivity index (χ2v) is 23.5. The highest BCUT2D eigenvalue weighted by Gasteiger charge is 2.18. The summed E-state index contributed by atoms with van der Waals surface area (Å²) in [7, 11) is 0. The zero-order valence-corrected chi connectivity index (χ0v) is 51.7. The first-order valence-corrected chi connectivity index (χ1v) is 34.4. The van der Waals surface area contributed by atoms with Gasteiger partial charge < -0.3 is 20.3 Å².